The van der Waals surface area contributed by atoms with E-state index in [0.717, 1.165) is 22.4 Å². The standard InChI is InChI=1S/C27H24ClN3O3/c1-17-5-9-22(10-6-17)30-27(33)21(15-29)13-20-8-11-25(23(28)14-20)34-16-26(32)31-24-12-18(2)4-7-19(24)3/h4-14H,16H2,1-3H3,(H,30,33)(H,31,32)/b21-13-. The Hall–Kier alpha value is -4.08. The van der Waals surface area contributed by atoms with E-state index < -0.39 is 5.91 Å². The van der Waals surface area contributed by atoms with E-state index in [1.54, 1.807) is 30.3 Å². The molecule has 0 aliphatic rings. The first kappa shape index (κ1) is 24.6. The van der Waals surface area contributed by atoms with Gasteiger partial charge in [-0.3, -0.25) is 9.59 Å². The van der Waals surface area contributed by atoms with Crippen molar-refractivity contribution < 1.29 is 14.3 Å². The first-order chi connectivity index (χ1) is 16.2. The molecule has 2 N–H and O–H groups in total. The van der Waals surface area contributed by atoms with E-state index in [1.165, 1.54) is 6.08 Å². The molecule has 3 aromatic carbocycles. The Morgan fingerprint density at radius 3 is 2.35 bits per heavy atom. The second kappa shape index (κ2) is 11.2. The molecule has 0 saturated heterocycles. The number of hydrogen-bond acceptors (Lipinski definition) is 4. The molecule has 0 aliphatic carbocycles. The average Bonchev–Trinajstić information content (AvgIpc) is 2.80. The predicted octanol–water partition coefficient (Wildman–Crippen LogP) is 5.83. The van der Waals surface area contributed by atoms with Crippen LogP contribution in [0.3, 0.4) is 0 Å². The summed E-state index contributed by atoms with van der Waals surface area (Å²) in [4.78, 5) is 24.7. The van der Waals surface area contributed by atoms with Crippen LogP contribution in [0.2, 0.25) is 5.02 Å². The number of halogens is 1. The zero-order valence-corrected chi connectivity index (χ0v) is 19.9. The van der Waals surface area contributed by atoms with Gasteiger partial charge in [-0.05, 0) is 73.9 Å². The summed E-state index contributed by atoms with van der Waals surface area (Å²) >= 11 is 6.30. The summed E-state index contributed by atoms with van der Waals surface area (Å²) in [5, 5.41) is 15.2. The monoisotopic (exact) mass is 473 g/mol. The lowest BCUT2D eigenvalue weighted by molar-refractivity contribution is -0.118. The van der Waals surface area contributed by atoms with Crippen LogP contribution in [0.1, 0.15) is 22.3 Å². The number of carbonyl (C=O) groups excluding carboxylic acids is 2. The summed E-state index contributed by atoms with van der Waals surface area (Å²) in [5.74, 6) is -0.517. The van der Waals surface area contributed by atoms with Crippen LogP contribution in [-0.4, -0.2) is 18.4 Å². The Labute approximate surface area is 203 Å². The maximum absolute atomic E-state index is 12.5. The number of hydrogen-bond donors (Lipinski definition) is 2. The van der Waals surface area contributed by atoms with Crippen LogP contribution >= 0.6 is 11.6 Å². The van der Waals surface area contributed by atoms with Crippen molar-refractivity contribution in [3.05, 3.63) is 93.5 Å². The number of aryl methyl sites for hydroxylation is 3. The summed E-state index contributed by atoms with van der Waals surface area (Å²) < 4.78 is 5.55. The van der Waals surface area contributed by atoms with Crippen molar-refractivity contribution in [2.24, 2.45) is 0 Å². The minimum atomic E-state index is -0.522. The highest BCUT2D eigenvalue weighted by Gasteiger charge is 2.12. The Kier molecular flexibility index (Phi) is 8.07. The van der Waals surface area contributed by atoms with Crippen molar-refractivity contribution in [2.75, 3.05) is 17.2 Å². The van der Waals surface area contributed by atoms with Gasteiger partial charge in [-0.25, -0.2) is 0 Å². The van der Waals surface area contributed by atoms with Crippen LogP contribution in [0.25, 0.3) is 6.08 Å². The molecule has 34 heavy (non-hydrogen) atoms. The second-order valence-corrected chi connectivity index (χ2v) is 8.24. The molecule has 0 saturated carbocycles. The van der Waals surface area contributed by atoms with Crippen LogP contribution < -0.4 is 15.4 Å². The van der Waals surface area contributed by atoms with Gasteiger partial charge in [-0.1, -0.05) is 47.5 Å². The number of rotatable bonds is 7. The Morgan fingerprint density at radius 1 is 0.971 bits per heavy atom. The van der Waals surface area contributed by atoms with E-state index >= 15 is 0 Å². The van der Waals surface area contributed by atoms with Crippen LogP contribution in [0.5, 0.6) is 5.75 Å². The van der Waals surface area contributed by atoms with Gasteiger partial charge in [-0.15, -0.1) is 0 Å². The molecule has 0 heterocycles. The number of amides is 2. The third kappa shape index (κ3) is 6.71. The zero-order chi connectivity index (χ0) is 24.7. The lowest BCUT2D eigenvalue weighted by Gasteiger charge is -2.11. The minimum absolute atomic E-state index is 0.0711. The Balaban J connectivity index is 1.64. The number of ether oxygens (including phenoxy) is 1. The SMILES string of the molecule is Cc1ccc(NC(=O)/C(C#N)=C\c2ccc(OCC(=O)Nc3cc(C)ccc3C)c(Cl)c2)cc1. The van der Waals surface area contributed by atoms with Gasteiger partial charge < -0.3 is 15.4 Å². The second-order valence-electron chi connectivity index (χ2n) is 7.84. The molecule has 7 heteroatoms. The Morgan fingerprint density at radius 2 is 1.68 bits per heavy atom. The molecule has 0 unspecified atom stereocenters. The fourth-order valence-electron chi connectivity index (χ4n) is 3.07. The quantitative estimate of drug-likeness (QED) is 0.333. The molecule has 3 rings (SSSR count). The molecule has 0 fully saturated rings. The number of benzene rings is 3. The van der Waals surface area contributed by atoms with Crippen LogP contribution in [0, 0.1) is 32.1 Å². The van der Waals surface area contributed by atoms with E-state index in [1.807, 2.05) is 57.2 Å². The van der Waals surface area contributed by atoms with Crippen molar-refractivity contribution in [3.8, 4) is 11.8 Å². The predicted molar refractivity (Wildman–Crippen MR) is 135 cm³/mol. The average molecular weight is 474 g/mol. The topological polar surface area (TPSA) is 91.2 Å². The van der Waals surface area contributed by atoms with Crippen molar-refractivity contribution in [2.45, 2.75) is 20.8 Å². The summed E-state index contributed by atoms with van der Waals surface area (Å²) in [6.07, 6.45) is 1.44. The zero-order valence-electron chi connectivity index (χ0n) is 19.1. The van der Waals surface area contributed by atoms with Crippen molar-refractivity contribution in [1.82, 2.24) is 0 Å². The van der Waals surface area contributed by atoms with Gasteiger partial charge in [0.15, 0.2) is 6.61 Å². The number of nitriles is 1. The van der Waals surface area contributed by atoms with Crippen LogP contribution in [0.4, 0.5) is 11.4 Å². The molecule has 0 aliphatic heterocycles. The van der Waals surface area contributed by atoms with Gasteiger partial charge in [0.1, 0.15) is 17.4 Å². The van der Waals surface area contributed by atoms with Gasteiger partial charge in [-0.2, -0.15) is 5.26 Å². The van der Waals surface area contributed by atoms with E-state index in [4.69, 9.17) is 16.3 Å². The first-order valence-electron chi connectivity index (χ1n) is 10.5. The normalized spacial score (nSPS) is 10.9. The maximum Gasteiger partial charge on any atom is 0.266 e. The van der Waals surface area contributed by atoms with Crippen LogP contribution in [0.15, 0.2) is 66.2 Å². The molecule has 0 atom stereocenters. The number of nitrogens with zero attached hydrogens (tertiary/aromatic N) is 1. The molecule has 0 radical (unpaired) electrons. The first-order valence-corrected chi connectivity index (χ1v) is 10.9. The summed E-state index contributed by atoms with van der Waals surface area (Å²) in [6.45, 7) is 5.59. The third-order valence-corrected chi connectivity index (χ3v) is 5.26. The fourth-order valence-corrected chi connectivity index (χ4v) is 3.32. The molecule has 3 aromatic rings. The molecule has 0 aromatic heterocycles. The van der Waals surface area contributed by atoms with Crippen molar-refractivity contribution in [1.29, 1.82) is 5.26 Å². The van der Waals surface area contributed by atoms with Gasteiger partial charge >= 0.3 is 0 Å². The van der Waals surface area contributed by atoms with Crippen molar-refractivity contribution >= 4 is 40.9 Å². The van der Waals surface area contributed by atoms with Gasteiger partial charge in [0.25, 0.3) is 11.8 Å². The van der Waals surface area contributed by atoms with Crippen molar-refractivity contribution in [3.63, 3.8) is 0 Å². The highest BCUT2D eigenvalue weighted by molar-refractivity contribution is 6.32. The molecule has 0 spiro atoms. The lowest BCUT2D eigenvalue weighted by Crippen LogP contribution is -2.20. The van der Waals surface area contributed by atoms with E-state index in [9.17, 15) is 14.9 Å². The van der Waals surface area contributed by atoms with Gasteiger partial charge in [0, 0.05) is 11.4 Å². The van der Waals surface area contributed by atoms with Gasteiger partial charge in [0.2, 0.25) is 0 Å². The molecule has 2 amide bonds. The van der Waals surface area contributed by atoms with E-state index in [-0.39, 0.29) is 23.1 Å². The largest absolute Gasteiger partial charge is 0.482 e. The fraction of sp³-hybridized carbons (Fsp3) is 0.148. The summed E-state index contributed by atoms with van der Waals surface area (Å²) in [5.41, 5.74) is 4.86. The third-order valence-electron chi connectivity index (χ3n) is 4.97. The highest BCUT2D eigenvalue weighted by Crippen LogP contribution is 2.27. The number of carbonyl (C=O) groups is 2. The van der Waals surface area contributed by atoms with E-state index in [2.05, 4.69) is 10.6 Å². The molecule has 6 nitrogen and oxygen atoms in total. The smallest absolute Gasteiger partial charge is 0.266 e. The minimum Gasteiger partial charge on any atom is -0.482 e. The Bertz CT molecular complexity index is 1290. The molecule has 0 bridgehead atoms. The number of nitrogens with one attached hydrogen (secondary N) is 2. The molecular formula is C27H24ClN3O3. The summed E-state index contributed by atoms with van der Waals surface area (Å²) in [7, 11) is 0. The number of anilines is 2. The maximum atomic E-state index is 12.5. The highest BCUT2D eigenvalue weighted by atomic mass is 35.5. The molecular weight excluding hydrogens is 450 g/mol. The van der Waals surface area contributed by atoms with Crippen LogP contribution in [-0.2, 0) is 9.59 Å². The summed E-state index contributed by atoms with van der Waals surface area (Å²) in [6, 6.07) is 19.8. The van der Waals surface area contributed by atoms with Gasteiger partial charge in [0.05, 0.1) is 5.02 Å². The lowest BCUT2D eigenvalue weighted by atomic mass is 10.1. The van der Waals surface area contributed by atoms with E-state index in [0.29, 0.717) is 17.0 Å². The molecule has 172 valence electrons.